The Morgan fingerprint density at radius 3 is 2.78 bits per heavy atom. The fourth-order valence-electron chi connectivity index (χ4n) is 2.27. The first-order valence-electron chi connectivity index (χ1n) is 7.92. The van der Waals surface area contributed by atoms with E-state index in [1.165, 1.54) is 11.8 Å². The molecule has 0 saturated carbocycles. The smallest absolute Gasteiger partial charge is 0.341 e. The maximum absolute atomic E-state index is 12.2. The Balaban J connectivity index is 1.76. The quantitative estimate of drug-likeness (QED) is 0.743. The Kier molecular flexibility index (Phi) is 5.77. The zero-order chi connectivity index (χ0) is 19.2. The van der Waals surface area contributed by atoms with E-state index >= 15 is 0 Å². The summed E-state index contributed by atoms with van der Waals surface area (Å²) in [6, 6.07) is 14.1. The first kappa shape index (κ1) is 18.5. The highest BCUT2D eigenvalue weighted by Gasteiger charge is 2.23. The number of aliphatic imine (C=N–C) groups is 1. The van der Waals surface area contributed by atoms with Gasteiger partial charge in [0.2, 0.25) is 0 Å². The zero-order valence-corrected chi connectivity index (χ0v) is 15.2. The van der Waals surface area contributed by atoms with Crippen LogP contribution < -0.4 is 14.8 Å². The standard InChI is InChI=1S/C19H16N2O5S/c1-25-14-6-3-5-13(10-14)20-19-21-18(24)16(27-19)9-12-4-2-7-15(8-12)26-11-17(22)23/h2-10H,11H2,1H3,(H,22,23)(H,20,21,24)/b16-9+. The second kappa shape index (κ2) is 8.41. The lowest BCUT2D eigenvalue weighted by Crippen LogP contribution is -2.19. The monoisotopic (exact) mass is 384 g/mol. The molecule has 2 aromatic carbocycles. The second-order valence-electron chi connectivity index (χ2n) is 5.44. The number of benzene rings is 2. The van der Waals surface area contributed by atoms with Crippen molar-refractivity contribution >= 4 is 40.6 Å². The topological polar surface area (TPSA) is 97.2 Å². The number of hydrogen-bond acceptors (Lipinski definition) is 6. The maximum Gasteiger partial charge on any atom is 0.341 e. The molecule has 27 heavy (non-hydrogen) atoms. The van der Waals surface area contributed by atoms with E-state index in [1.54, 1.807) is 43.5 Å². The number of nitrogens with one attached hydrogen (secondary N) is 1. The number of ether oxygens (including phenoxy) is 2. The average molecular weight is 384 g/mol. The number of carboxylic acids is 1. The molecular formula is C19H16N2O5S. The van der Waals surface area contributed by atoms with Gasteiger partial charge in [-0.05, 0) is 47.7 Å². The molecule has 0 atom stereocenters. The molecule has 2 aromatic rings. The third-order valence-electron chi connectivity index (χ3n) is 3.45. The molecule has 7 nitrogen and oxygen atoms in total. The molecule has 1 heterocycles. The van der Waals surface area contributed by atoms with Crippen LogP contribution in [0.5, 0.6) is 11.5 Å². The van der Waals surface area contributed by atoms with E-state index < -0.39 is 12.6 Å². The van der Waals surface area contributed by atoms with Crippen LogP contribution >= 0.6 is 11.8 Å². The first-order chi connectivity index (χ1) is 13.0. The number of thioether (sulfide) groups is 1. The van der Waals surface area contributed by atoms with Crippen molar-refractivity contribution in [2.75, 3.05) is 13.7 Å². The molecule has 0 aromatic heterocycles. The van der Waals surface area contributed by atoms with E-state index in [-0.39, 0.29) is 5.91 Å². The molecule has 2 N–H and O–H groups in total. The van der Waals surface area contributed by atoms with Gasteiger partial charge in [0.25, 0.3) is 5.91 Å². The van der Waals surface area contributed by atoms with E-state index in [9.17, 15) is 9.59 Å². The lowest BCUT2D eigenvalue weighted by molar-refractivity contribution is -0.139. The lowest BCUT2D eigenvalue weighted by atomic mass is 10.2. The predicted octanol–water partition coefficient (Wildman–Crippen LogP) is 3.05. The number of carbonyl (C=O) groups excluding carboxylic acids is 1. The normalized spacial score (nSPS) is 16.4. The van der Waals surface area contributed by atoms with Crippen LogP contribution in [-0.2, 0) is 9.59 Å². The SMILES string of the molecule is COc1cccc(N=C2NC(=O)/C(=C\c3cccc(OCC(=O)O)c3)S2)c1. The van der Waals surface area contributed by atoms with Gasteiger partial charge in [-0.15, -0.1) is 0 Å². The molecule has 1 amide bonds. The molecule has 0 spiro atoms. The summed E-state index contributed by atoms with van der Waals surface area (Å²) in [4.78, 5) is 27.7. The van der Waals surface area contributed by atoms with Crippen molar-refractivity contribution in [1.82, 2.24) is 5.32 Å². The lowest BCUT2D eigenvalue weighted by Gasteiger charge is -2.03. The van der Waals surface area contributed by atoms with Crippen molar-refractivity contribution in [3.63, 3.8) is 0 Å². The highest BCUT2D eigenvalue weighted by molar-refractivity contribution is 8.18. The average Bonchev–Trinajstić information content (AvgIpc) is 2.99. The van der Waals surface area contributed by atoms with Gasteiger partial charge >= 0.3 is 5.97 Å². The number of carboxylic acid groups (broad SMARTS) is 1. The van der Waals surface area contributed by atoms with Gasteiger partial charge in [0.15, 0.2) is 11.8 Å². The molecule has 1 saturated heterocycles. The van der Waals surface area contributed by atoms with Crippen molar-refractivity contribution in [2.45, 2.75) is 0 Å². The highest BCUT2D eigenvalue weighted by Crippen LogP contribution is 2.29. The molecule has 1 aliphatic heterocycles. The Morgan fingerprint density at radius 2 is 2.00 bits per heavy atom. The zero-order valence-electron chi connectivity index (χ0n) is 14.3. The van der Waals surface area contributed by atoms with Crippen molar-refractivity contribution in [3.05, 3.63) is 59.0 Å². The van der Waals surface area contributed by atoms with Crippen LogP contribution in [0.25, 0.3) is 6.08 Å². The number of rotatable bonds is 6. The first-order valence-corrected chi connectivity index (χ1v) is 8.73. The van der Waals surface area contributed by atoms with Gasteiger partial charge in [-0.2, -0.15) is 0 Å². The summed E-state index contributed by atoms with van der Waals surface area (Å²) in [5.74, 6) is -0.207. The molecular weight excluding hydrogens is 368 g/mol. The van der Waals surface area contributed by atoms with Crippen LogP contribution in [0.15, 0.2) is 58.4 Å². The predicted molar refractivity (Wildman–Crippen MR) is 103 cm³/mol. The van der Waals surface area contributed by atoms with Crippen molar-refractivity contribution in [3.8, 4) is 11.5 Å². The van der Waals surface area contributed by atoms with Crippen LogP contribution in [-0.4, -0.2) is 35.9 Å². The largest absolute Gasteiger partial charge is 0.497 e. The van der Waals surface area contributed by atoms with Gasteiger partial charge in [-0.1, -0.05) is 18.2 Å². The van der Waals surface area contributed by atoms with Crippen LogP contribution in [0.4, 0.5) is 5.69 Å². The van der Waals surface area contributed by atoms with E-state index in [2.05, 4.69) is 10.3 Å². The van der Waals surface area contributed by atoms with Crippen LogP contribution in [0.1, 0.15) is 5.56 Å². The number of aliphatic carboxylic acids is 1. The number of methoxy groups -OCH3 is 1. The Labute approximate surface area is 159 Å². The summed E-state index contributed by atoms with van der Waals surface area (Å²) in [5.41, 5.74) is 1.39. The molecule has 8 heteroatoms. The molecule has 0 unspecified atom stereocenters. The van der Waals surface area contributed by atoms with Gasteiger partial charge in [0.05, 0.1) is 17.7 Å². The van der Waals surface area contributed by atoms with Gasteiger partial charge in [-0.3, -0.25) is 4.79 Å². The number of carbonyl (C=O) groups is 2. The summed E-state index contributed by atoms with van der Waals surface area (Å²) >= 11 is 1.22. The third-order valence-corrected chi connectivity index (χ3v) is 4.36. The summed E-state index contributed by atoms with van der Waals surface area (Å²) in [6.45, 7) is -0.424. The van der Waals surface area contributed by atoms with E-state index in [0.29, 0.717) is 27.3 Å². The highest BCUT2D eigenvalue weighted by atomic mass is 32.2. The number of amidine groups is 1. The summed E-state index contributed by atoms with van der Waals surface area (Å²) < 4.78 is 10.3. The Hall–Kier alpha value is -3.26. The number of hydrogen-bond donors (Lipinski definition) is 2. The van der Waals surface area contributed by atoms with Crippen LogP contribution in [0.3, 0.4) is 0 Å². The molecule has 0 aliphatic carbocycles. The molecule has 0 bridgehead atoms. The van der Waals surface area contributed by atoms with Crippen molar-refractivity contribution in [2.24, 2.45) is 4.99 Å². The van der Waals surface area contributed by atoms with E-state index in [1.807, 2.05) is 18.2 Å². The Morgan fingerprint density at radius 1 is 1.22 bits per heavy atom. The summed E-state index contributed by atoms with van der Waals surface area (Å²) in [6.07, 6.45) is 1.70. The van der Waals surface area contributed by atoms with E-state index in [0.717, 1.165) is 5.56 Å². The van der Waals surface area contributed by atoms with Crippen LogP contribution in [0.2, 0.25) is 0 Å². The Bertz CT molecular complexity index is 939. The fraction of sp³-hybridized carbons (Fsp3) is 0.105. The van der Waals surface area contributed by atoms with Crippen molar-refractivity contribution in [1.29, 1.82) is 0 Å². The van der Waals surface area contributed by atoms with Crippen molar-refractivity contribution < 1.29 is 24.2 Å². The maximum atomic E-state index is 12.2. The fourth-order valence-corrected chi connectivity index (χ4v) is 3.11. The molecule has 138 valence electrons. The van der Waals surface area contributed by atoms with Gasteiger partial charge in [0, 0.05) is 6.07 Å². The molecule has 0 radical (unpaired) electrons. The minimum absolute atomic E-state index is 0.251. The number of nitrogens with zero attached hydrogens (tertiary/aromatic N) is 1. The number of amides is 1. The molecule has 3 rings (SSSR count). The minimum atomic E-state index is -1.05. The van der Waals surface area contributed by atoms with E-state index in [4.69, 9.17) is 14.6 Å². The van der Waals surface area contributed by atoms with Crippen LogP contribution in [0, 0.1) is 0 Å². The van der Waals surface area contributed by atoms with Gasteiger partial charge < -0.3 is 19.9 Å². The summed E-state index contributed by atoms with van der Waals surface area (Å²) in [5, 5.41) is 11.9. The second-order valence-corrected chi connectivity index (χ2v) is 6.47. The summed E-state index contributed by atoms with van der Waals surface area (Å²) in [7, 11) is 1.58. The molecule has 1 aliphatic rings. The molecule has 1 fully saturated rings. The van der Waals surface area contributed by atoms with Gasteiger partial charge in [0.1, 0.15) is 11.5 Å². The minimum Gasteiger partial charge on any atom is -0.497 e. The third kappa shape index (κ3) is 5.11. The van der Waals surface area contributed by atoms with Gasteiger partial charge in [-0.25, -0.2) is 9.79 Å².